The molecule has 0 fully saturated rings. The predicted octanol–water partition coefficient (Wildman–Crippen LogP) is 2.57. The van der Waals surface area contributed by atoms with E-state index in [0.29, 0.717) is 48.1 Å². The molecule has 4 amide bonds. The Hall–Kier alpha value is -3.10. The topological polar surface area (TPSA) is 81.2 Å². The van der Waals surface area contributed by atoms with Gasteiger partial charge in [0.15, 0.2) is 0 Å². The van der Waals surface area contributed by atoms with Crippen molar-refractivity contribution < 1.29 is 19.2 Å². The molecule has 8 nitrogen and oxygen atoms in total. The molecule has 0 bridgehead atoms. The van der Waals surface area contributed by atoms with Gasteiger partial charge >= 0.3 is 0 Å². The fraction of sp³-hybridized carbons (Fsp3) is 0.500. The predicted molar refractivity (Wildman–Crippen MR) is 139 cm³/mol. The molecule has 8 heteroatoms. The fourth-order valence-corrected chi connectivity index (χ4v) is 5.35. The number of carbonyl (C=O) groups is 4. The maximum Gasteiger partial charge on any atom is 0.261 e. The zero-order valence-corrected chi connectivity index (χ0v) is 21.8. The van der Waals surface area contributed by atoms with Crippen LogP contribution in [-0.4, -0.2) is 95.6 Å². The van der Waals surface area contributed by atoms with Gasteiger partial charge < -0.3 is 9.80 Å². The van der Waals surface area contributed by atoms with Crippen LogP contribution in [0.15, 0.2) is 24.3 Å². The Kier molecular flexibility index (Phi) is 7.85. The molecule has 2 heterocycles. The quantitative estimate of drug-likeness (QED) is 0.474. The summed E-state index contributed by atoms with van der Waals surface area (Å²) in [5.74, 6) is -1.12. The van der Waals surface area contributed by atoms with Gasteiger partial charge in [-0.25, -0.2) is 0 Å². The van der Waals surface area contributed by atoms with Crippen LogP contribution in [0, 0.1) is 0 Å². The van der Waals surface area contributed by atoms with Crippen LogP contribution in [0.1, 0.15) is 59.5 Å². The zero-order chi connectivity index (χ0) is 26.0. The van der Waals surface area contributed by atoms with Gasteiger partial charge in [-0.3, -0.25) is 29.0 Å². The molecule has 0 radical (unpaired) electrons. The first kappa shape index (κ1) is 26.0. The van der Waals surface area contributed by atoms with Gasteiger partial charge in [0.1, 0.15) is 0 Å². The average Bonchev–Trinajstić information content (AvgIpc) is 2.87. The third-order valence-electron chi connectivity index (χ3n) is 7.64. The number of nitrogens with zero attached hydrogens (tertiary/aromatic N) is 4. The molecule has 0 spiro atoms. The van der Waals surface area contributed by atoms with Gasteiger partial charge in [0, 0.05) is 42.7 Å². The van der Waals surface area contributed by atoms with E-state index in [2.05, 4.69) is 37.5 Å². The van der Waals surface area contributed by atoms with E-state index in [0.717, 1.165) is 37.3 Å². The summed E-state index contributed by atoms with van der Waals surface area (Å²) in [4.78, 5) is 60.3. The SMILES string of the molecule is CCN(CC)CCN1C(=O)Cc2ccc3c4c(ccc(c24)CC1=O)C(=O)N(CCN(CC)CC)C3=O. The van der Waals surface area contributed by atoms with Gasteiger partial charge in [-0.05, 0) is 54.8 Å². The summed E-state index contributed by atoms with van der Waals surface area (Å²) in [6.45, 7) is 13.6. The number of imide groups is 2. The molecule has 0 aliphatic carbocycles. The highest BCUT2D eigenvalue weighted by atomic mass is 16.2. The molecular weight excluding hydrogens is 456 g/mol. The molecule has 0 atom stereocenters. The maximum absolute atomic E-state index is 13.4. The number of hydrogen-bond acceptors (Lipinski definition) is 6. The molecule has 192 valence electrons. The normalized spacial score (nSPS) is 15.9. The Morgan fingerprint density at radius 3 is 1.44 bits per heavy atom. The van der Waals surface area contributed by atoms with E-state index in [1.165, 1.54) is 9.80 Å². The summed E-state index contributed by atoms with van der Waals surface area (Å²) >= 11 is 0. The van der Waals surface area contributed by atoms with Crippen LogP contribution in [0.4, 0.5) is 0 Å². The molecule has 2 aliphatic heterocycles. The van der Waals surface area contributed by atoms with Gasteiger partial charge in [-0.1, -0.05) is 39.8 Å². The lowest BCUT2D eigenvalue weighted by Gasteiger charge is -2.31. The Morgan fingerprint density at radius 1 is 0.611 bits per heavy atom. The van der Waals surface area contributed by atoms with Gasteiger partial charge in [0.25, 0.3) is 11.8 Å². The summed E-state index contributed by atoms with van der Waals surface area (Å²) in [5.41, 5.74) is 2.44. The van der Waals surface area contributed by atoms with Crippen molar-refractivity contribution in [2.45, 2.75) is 40.5 Å². The van der Waals surface area contributed by atoms with Gasteiger partial charge in [0.2, 0.25) is 11.8 Å². The number of likely N-dealkylation sites (N-methyl/N-ethyl adjacent to an activating group) is 2. The Balaban J connectivity index is 1.69. The maximum atomic E-state index is 13.4. The summed E-state index contributed by atoms with van der Waals surface area (Å²) in [6.07, 6.45) is 0.122. The van der Waals surface area contributed by atoms with Gasteiger partial charge in [-0.15, -0.1) is 0 Å². The second kappa shape index (κ2) is 10.9. The molecule has 0 saturated carbocycles. The lowest BCUT2D eigenvalue weighted by atomic mass is 9.86. The first-order valence-electron chi connectivity index (χ1n) is 13.1. The summed E-state index contributed by atoms with van der Waals surface area (Å²) in [5, 5.41) is 1.29. The lowest BCUT2D eigenvalue weighted by molar-refractivity contribution is -0.144. The largest absolute Gasteiger partial charge is 0.302 e. The second-order valence-electron chi connectivity index (χ2n) is 9.40. The van der Waals surface area contributed by atoms with Crippen LogP contribution < -0.4 is 0 Å². The summed E-state index contributed by atoms with van der Waals surface area (Å²) < 4.78 is 0. The van der Waals surface area contributed by atoms with Gasteiger partial charge in [0.05, 0.1) is 12.8 Å². The van der Waals surface area contributed by atoms with E-state index >= 15 is 0 Å². The van der Waals surface area contributed by atoms with Crippen molar-refractivity contribution in [1.82, 2.24) is 19.6 Å². The van der Waals surface area contributed by atoms with E-state index in [1.807, 2.05) is 12.1 Å². The number of amides is 4. The summed E-state index contributed by atoms with van der Waals surface area (Å²) in [6, 6.07) is 7.11. The van der Waals surface area contributed by atoms with Crippen LogP contribution >= 0.6 is 0 Å². The number of carbonyl (C=O) groups excluding carboxylic acids is 4. The first-order chi connectivity index (χ1) is 17.3. The molecule has 4 rings (SSSR count). The number of benzene rings is 2. The molecule has 0 unspecified atom stereocenters. The van der Waals surface area contributed by atoms with E-state index in [4.69, 9.17) is 0 Å². The molecular formula is C28H36N4O4. The molecule has 0 N–H and O–H groups in total. The van der Waals surface area contributed by atoms with Crippen molar-refractivity contribution in [3.8, 4) is 0 Å². The Bertz CT molecular complexity index is 1130. The highest BCUT2D eigenvalue weighted by Gasteiger charge is 2.36. The minimum absolute atomic E-state index is 0.0608. The first-order valence-corrected chi connectivity index (χ1v) is 13.1. The van der Waals surface area contributed by atoms with Crippen molar-refractivity contribution in [3.05, 3.63) is 46.5 Å². The van der Waals surface area contributed by atoms with E-state index < -0.39 is 0 Å². The molecule has 2 aromatic rings. The van der Waals surface area contributed by atoms with Crippen LogP contribution in [0.5, 0.6) is 0 Å². The van der Waals surface area contributed by atoms with Crippen molar-refractivity contribution in [2.75, 3.05) is 52.4 Å². The molecule has 0 saturated heterocycles. The minimum Gasteiger partial charge on any atom is -0.302 e. The molecule has 36 heavy (non-hydrogen) atoms. The third-order valence-corrected chi connectivity index (χ3v) is 7.64. The molecule has 2 aliphatic rings. The second-order valence-corrected chi connectivity index (χ2v) is 9.40. The van der Waals surface area contributed by atoms with Crippen LogP contribution in [0.25, 0.3) is 10.8 Å². The summed E-state index contributed by atoms with van der Waals surface area (Å²) in [7, 11) is 0. The van der Waals surface area contributed by atoms with E-state index in [9.17, 15) is 19.2 Å². The lowest BCUT2D eigenvalue weighted by Crippen LogP contribution is -2.45. The monoisotopic (exact) mass is 492 g/mol. The fourth-order valence-electron chi connectivity index (χ4n) is 5.35. The Morgan fingerprint density at radius 2 is 1.03 bits per heavy atom. The van der Waals surface area contributed by atoms with Crippen molar-refractivity contribution in [1.29, 1.82) is 0 Å². The highest BCUT2D eigenvalue weighted by molar-refractivity contribution is 6.26. The van der Waals surface area contributed by atoms with Crippen LogP contribution in [0.3, 0.4) is 0 Å². The average molecular weight is 493 g/mol. The van der Waals surface area contributed by atoms with Crippen LogP contribution in [-0.2, 0) is 22.4 Å². The van der Waals surface area contributed by atoms with Gasteiger partial charge in [-0.2, -0.15) is 0 Å². The van der Waals surface area contributed by atoms with E-state index in [-0.39, 0.29) is 36.5 Å². The molecule has 2 aromatic carbocycles. The van der Waals surface area contributed by atoms with E-state index in [1.54, 1.807) is 12.1 Å². The molecule has 0 aromatic heterocycles. The van der Waals surface area contributed by atoms with Crippen molar-refractivity contribution >= 4 is 34.4 Å². The minimum atomic E-state index is -0.316. The number of rotatable bonds is 10. The van der Waals surface area contributed by atoms with Crippen molar-refractivity contribution in [2.24, 2.45) is 0 Å². The highest BCUT2D eigenvalue weighted by Crippen LogP contribution is 2.36. The number of hydrogen-bond donors (Lipinski definition) is 0. The van der Waals surface area contributed by atoms with Crippen molar-refractivity contribution in [3.63, 3.8) is 0 Å². The third kappa shape index (κ3) is 4.67. The smallest absolute Gasteiger partial charge is 0.261 e. The zero-order valence-electron chi connectivity index (χ0n) is 21.8. The standard InChI is InChI=1S/C28H36N4O4/c1-5-29(6-2)13-15-31-23(33)17-19-9-11-21-26-22(12-10-20(25(19)26)18-24(31)34)28(36)32(27(21)35)16-14-30(7-3)8-4/h9-12H,5-8,13-18H2,1-4H3. The Labute approximate surface area is 212 Å². The van der Waals surface area contributed by atoms with Crippen LogP contribution in [0.2, 0.25) is 0 Å².